The van der Waals surface area contributed by atoms with Crippen LogP contribution in [0.5, 0.6) is 0 Å². The lowest BCUT2D eigenvalue weighted by Crippen LogP contribution is -2.07. The molecule has 1 nitrogen and oxygen atoms in total. The average Bonchev–Trinajstić information content (AvgIpc) is 2.46. The van der Waals surface area contributed by atoms with E-state index in [2.05, 4.69) is 0 Å². The summed E-state index contributed by atoms with van der Waals surface area (Å²) in [5.74, 6) is -0.591. The smallest absolute Gasteiger partial charge is 0.194 e. The van der Waals surface area contributed by atoms with Crippen molar-refractivity contribution >= 4 is 17.4 Å². The van der Waals surface area contributed by atoms with Gasteiger partial charge in [0.1, 0.15) is 5.82 Å². The van der Waals surface area contributed by atoms with Crippen LogP contribution in [0.15, 0.2) is 36.4 Å². The molecule has 0 radical (unpaired) electrons. The van der Waals surface area contributed by atoms with Crippen molar-refractivity contribution in [3.63, 3.8) is 0 Å². The summed E-state index contributed by atoms with van der Waals surface area (Å²) in [5.41, 5.74) is 3.08. The van der Waals surface area contributed by atoms with Gasteiger partial charge >= 0.3 is 0 Å². The minimum absolute atomic E-state index is 0.151. The molecule has 2 aromatic rings. The van der Waals surface area contributed by atoms with Crippen LogP contribution in [-0.2, 0) is 12.8 Å². The molecule has 0 aromatic heterocycles. The molecule has 2 rings (SSSR count). The molecular formula is C17H16ClFO. The molecule has 20 heavy (non-hydrogen) atoms. The van der Waals surface area contributed by atoms with E-state index in [0.29, 0.717) is 11.1 Å². The Hall–Kier alpha value is -1.67. The third kappa shape index (κ3) is 2.91. The number of benzene rings is 2. The molecule has 0 amide bonds. The van der Waals surface area contributed by atoms with E-state index in [0.717, 1.165) is 24.0 Å². The molecule has 0 aliphatic rings. The van der Waals surface area contributed by atoms with Gasteiger partial charge in [-0.05, 0) is 48.2 Å². The number of hydrogen-bond acceptors (Lipinski definition) is 1. The summed E-state index contributed by atoms with van der Waals surface area (Å²) in [5, 5.41) is 0.152. The maximum Gasteiger partial charge on any atom is 0.194 e. The molecule has 0 aliphatic carbocycles. The molecule has 104 valence electrons. The molecule has 0 heterocycles. The fourth-order valence-corrected chi connectivity index (χ4v) is 2.43. The molecule has 0 atom stereocenters. The lowest BCUT2D eigenvalue weighted by atomic mass is 9.94. The van der Waals surface area contributed by atoms with Crippen molar-refractivity contribution < 1.29 is 9.18 Å². The summed E-state index contributed by atoms with van der Waals surface area (Å²) in [4.78, 5) is 12.6. The van der Waals surface area contributed by atoms with Gasteiger partial charge in [-0.2, -0.15) is 0 Å². The first-order valence-corrected chi connectivity index (χ1v) is 7.06. The Bertz CT molecular complexity index is 649. The van der Waals surface area contributed by atoms with Crippen molar-refractivity contribution in [2.24, 2.45) is 0 Å². The molecule has 0 spiro atoms. The van der Waals surface area contributed by atoms with E-state index in [1.807, 2.05) is 32.0 Å². The van der Waals surface area contributed by atoms with Crippen molar-refractivity contribution in [3.05, 3.63) is 69.5 Å². The second-order valence-electron chi connectivity index (χ2n) is 4.65. The molecule has 3 heteroatoms. The predicted octanol–water partition coefficient (Wildman–Crippen LogP) is 4.83. The van der Waals surface area contributed by atoms with Crippen LogP contribution in [0.25, 0.3) is 0 Å². The van der Waals surface area contributed by atoms with Crippen LogP contribution in [0.1, 0.15) is 40.9 Å². The highest BCUT2D eigenvalue weighted by Gasteiger charge is 2.16. The van der Waals surface area contributed by atoms with Crippen molar-refractivity contribution in [1.29, 1.82) is 0 Å². The lowest BCUT2D eigenvalue weighted by molar-refractivity contribution is 0.103. The van der Waals surface area contributed by atoms with Gasteiger partial charge in [-0.15, -0.1) is 0 Å². The van der Waals surface area contributed by atoms with Crippen LogP contribution in [-0.4, -0.2) is 5.78 Å². The number of carbonyl (C=O) groups excluding carboxylic acids is 1. The maximum atomic E-state index is 13.1. The Balaban J connectivity index is 2.51. The summed E-state index contributed by atoms with van der Waals surface area (Å²) in [6.45, 7) is 4.05. The van der Waals surface area contributed by atoms with E-state index in [1.165, 1.54) is 18.2 Å². The molecule has 0 bridgehead atoms. The van der Waals surface area contributed by atoms with Crippen LogP contribution in [0.2, 0.25) is 5.02 Å². The highest BCUT2D eigenvalue weighted by Crippen LogP contribution is 2.23. The van der Waals surface area contributed by atoms with Gasteiger partial charge in [0.05, 0.1) is 5.02 Å². The summed E-state index contributed by atoms with van der Waals surface area (Å²) in [6, 6.07) is 9.78. The van der Waals surface area contributed by atoms with Crippen LogP contribution >= 0.6 is 11.6 Å². The van der Waals surface area contributed by atoms with E-state index < -0.39 is 5.82 Å². The highest BCUT2D eigenvalue weighted by molar-refractivity contribution is 6.35. The van der Waals surface area contributed by atoms with E-state index in [-0.39, 0.29) is 10.8 Å². The first-order chi connectivity index (χ1) is 9.56. The molecule has 0 saturated heterocycles. The third-order valence-electron chi connectivity index (χ3n) is 3.38. The van der Waals surface area contributed by atoms with Gasteiger partial charge < -0.3 is 0 Å². The van der Waals surface area contributed by atoms with Crippen LogP contribution < -0.4 is 0 Å². The third-order valence-corrected chi connectivity index (χ3v) is 3.70. The normalized spacial score (nSPS) is 10.6. The molecule has 2 aromatic carbocycles. The Kier molecular flexibility index (Phi) is 4.56. The van der Waals surface area contributed by atoms with E-state index in [9.17, 15) is 9.18 Å². The topological polar surface area (TPSA) is 17.1 Å². The summed E-state index contributed by atoms with van der Waals surface area (Å²) in [6.07, 6.45) is 1.63. The molecular weight excluding hydrogens is 275 g/mol. The van der Waals surface area contributed by atoms with Gasteiger partial charge in [-0.1, -0.05) is 37.6 Å². The first-order valence-electron chi connectivity index (χ1n) is 6.68. The van der Waals surface area contributed by atoms with Crippen molar-refractivity contribution in [3.8, 4) is 0 Å². The van der Waals surface area contributed by atoms with Gasteiger partial charge in [-0.25, -0.2) is 4.39 Å². The minimum atomic E-state index is -0.440. The molecule has 0 aliphatic heterocycles. The van der Waals surface area contributed by atoms with Crippen molar-refractivity contribution in [2.75, 3.05) is 0 Å². The summed E-state index contributed by atoms with van der Waals surface area (Å²) >= 11 is 5.98. The van der Waals surface area contributed by atoms with Gasteiger partial charge in [-0.3, -0.25) is 4.79 Å². The maximum absolute atomic E-state index is 13.1. The number of aryl methyl sites for hydroxylation is 2. The lowest BCUT2D eigenvalue weighted by Gasteiger charge is -2.10. The Morgan fingerprint density at radius 1 is 1.05 bits per heavy atom. The molecule has 0 fully saturated rings. The van der Waals surface area contributed by atoms with Gasteiger partial charge in [0.2, 0.25) is 0 Å². The minimum Gasteiger partial charge on any atom is -0.289 e. The van der Waals surface area contributed by atoms with Gasteiger partial charge in [0, 0.05) is 11.1 Å². The van der Waals surface area contributed by atoms with E-state index in [1.54, 1.807) is 0 Å². The Morgan fingerprint density at radius 3 is 2.40 bits per heavy atom. The molecule has 0 saturated carbocycles. The van der Waals surface area contributed by atoms with E-state index in [4.69, 9.17) is 11.6 Å². The fraction of sp³-hybridized carbons (Fsp3) is 0.235. The van der Waals surface area contributed by atoms with Crippen LogP contribution in [0, 0.1) is 5.82 Å². The van der Waals surface area contributed by atoms with Crippen molar-refractivity contribution in [1.82, 2.24) is 0 Å². The largest absolute Gasteiger partial charge is 0.289 e. The summed E-state index contributed by atoms with van der Waals surface area (Å²) in [7, 11) is 0. The van der Waals surface area contributed by atoms with Crippen LogP contribution in [0.3, 0.4) is 0 Å². The predicted molar refractivity (Wildman–Crippen MR) is 80.0 cm³/mol. The second kappa shape index (κ2) is 6.19. The van der Waals surface area contributed by atoms with Crippen molar-refractivity contribution in [2.45, 2.75) is 26.7 Å². The van der Waals surface area contributed by atoms with Crippen LogP contribution in [0.4, 0.5) is 4.39 Å². The number of ketones is 1. The highest BCUT2D eigenvalue weighted by atomic mass is 35.5. The number of halogens is 2. The monoisotopic (exact) mass is 290 g/mol. The Labute approximate surface area is 123 Å². The van der Waals surface area contributed by atoms with Gasteiger partial charge in [0.15, 0.2) is 5.78 Å². The number of carbonyl (C=O) groups is 1. The zero-order valence-electron chi connectivity index (χ0n) is 11.5. The standard InChI is InChI=1S/C17H16ClFO/c1-3-11-5-6-12(4-2)15(9-11)17(20)14-8-7-13(19)10-16(14)18/h5-10H,3-4H2,1-2H3. The SMILES string of the molecule is CCc1ccc(CC)c(C(=O)c2ccc(F)cc2Cl)c1. The average molecular weight is 291 g/mol. The molecule has 0 N–H and O–H groups in total. The van der Waals surface area contributed by atoms with Gasteiger partial charge in [0.25, 0.3) is 0 Å². The quantitative estimate of drug-likeness (QED) is 0.737. The van der Waals surface area contributed by atoms with E-state index >= 15 is 0 Å². The number of rotatable bonds is 4. The first kappa shape index (κ1) is 14.7. The zero-order chi connectivity index (χ0) is 14.7. The molecule has 0 unspecified atom stereocenters. The number of hydrogen-bond donors (Lipinski definition) is 0. The fourth-order valence-electron chi connectivity index (χ4n) is 2.18. The Morgan fingerprint density at radius 2 is 1.80 bits per heavy atom. The second-order valence-corrected chi connectivity index (χ2v) is 5.06. The summed E-state index contributed by atoms with van der Waals surface area (Å²) < 4.78 is 13.1. The zero-order valence-corrected chi connectivity index (χ0v) is 12.3.